The first-order chi connectivity index (χ1) is 14.6. The fourth-order valence-corrected chi connectivity index (χ4v) is 6.23. The van der Waals surface area contributed by atoms with E-state index in [1.807, 2.05) is 0 Å². The van der Waals surface area contributed by atoms with Crippen LogP contribution in [0.4, 0.5) is 0 Å². The monoisotopic (exact) mass is 460 g/mol. The summed E-state index contributed by atoms with van der Waals surface area (Å²) in [6.07, 6.45) is 14.4. The smallest absolute Gasteiger partial charge is 0.308 e. The van der Waals surface area contributed by atoms with Gasteiger partial charge in [-0.1, -0.05) is 80.9 Å². The molecule has 1 saturated carbocycles. The van der Waals surface area contributed by atoms with Gasteiger partial charge in [0.1, 0.15) is 13.2 Å². The van der Waals surface area contributed by atoms with Crippen LogP contribution < -0.4 is 0 Å². The van der Waals surface area contributed by atoms with Crippen molar-refractivity contribution in [1.29, 1.82) is 0 Å². The Morgan fingerprint density at radius 3 is 2.00 bits per heavy atom. The van der Waals surface area contributed by atoms with Gasteiger partial charge in [0.05, 0.1) is 5.92 Å². The highest BCUT2D eigenvalue weighted by Gasteiger charge is 2.31. The second kappa shape index (κ2) is 17.2. The van der Waals surface area contributed by atoms with E-state index in [2.05, 4.69) is 20.8 Å². The van der Waals surface area contributed by atoms with Crippen LogP contribution in [0.3, 0.4) is 0 Å². The summed E-state index contributed by atoms with van der Waals surface area (Å²) in [7, 11) is 3.35. The molecule has 0 spiro atoms. The molecular weight excluding hydrogens is 416 g/mol. The molecule has 0 aromatic rings. The van der Waals surface area contributed by atoms with Gasteiger partial charge >= 0.3 is 11.9 Å². The summed E-state index contributed by atoms with van der Waals surface area (Å²) in [6.45, 7) is 7.38. The van der Waals surface area contributed by atoms with E-state index in [-0.39, 0.29) is 17.9 Å². The van der Waals surface area contributed by atoms with Crippen molar-refractivity contribution in [2.75, 3.05) is 24.7 Å². The van der Waals surface area contributed by atoms with Crippen LogP contribution in [-0.2, 0) is 19.1 Å². The van der Waals surface area contributed by atoms with Gasteiger partial charge in [-0.05, 0) is 43.9 Å². The standard InChI is InChI=1S/C24H44O4S2/c1-4-10-21(11-5-2)23(26)28-18-20-30-29-19-17-27-22(25)12-16-24(13-6-3)14-8-7-9-15-24/h21H,4-20H2,1-3H3. The SMILES string of the molecule is CCCC(CCC)C(=O)OCCSSCCOC(=O)CCC1(CCC)CCCCC1. The minimum absolute atomic E-state index is 0.0444. The molecule has 0 radical (unpaired) electrons. The fraction of sp³-hybridized carbons (Fsp3) is 0.917. The van der Waals surface area contributed by atoms with Crippen LogP contribution in [-0.4, -0.2) is 36.7 Å². The van der Waals surface area contributed by atoms with Gasteiger partial charge in [0.2, 0.25) is 0 Å². The summed E-state index contributed by atoms with van der Waals surface area (Å²) in [5.41, 5.74) is 0.390. The quantitative estimate of drug-likeness (QED) is 0.130. The molecular formula is C24H44O4S2. The molecule has 0 amide bonds. The highest BCUT2D eigenvalue weighted by Crippen LogP contribution is 2.43. The Hall–Kier alpha value is -0.360. The molecule has 0 atom stereocenters. The Balaban J connectivity index is 2.05. The van der Waals surface area contributed by atoms with Crippen molar-refractivity contribution in [3.8, 4) is 0 Å². The number of ether oxygens (including phenoxy) is 2. The number of carbonyl (C=O) groups excluding carboxylic acids is 2. The maximum Gasteiger partial charge on any atom is 0.308 e. The van der Waals surface area contributed by atoms with Crippen molar-refractivity contribution in [3.63, 3.8) is 0 Å². The first kappa shape index (κ1) is 27.7. The van der Waals surface area contributed by atoms with Gasteiger partial charge < -0.3 is 9.47 Å². The predicted octanol–water partition coefficient (Wildman–Crippen LogP) is 7.20. The van der Waals surface area contributed by atoms with Crippen LogP contribution in [0.1, 0.15) is 104 Å². The summed E-state index contributed by atoms with van der Waals surface area (Å²) in [6, 6.07) is 0. The predicted molar refractivity (Wildman–Crippen MR) is 130 cm³/mol. The molecule has 1 aliphatic carbocycles. The zero-order valence-corrected chi connectivity index (χ0v) is 21.2. The Labute approximate surface area is 192 Å². The van der Waals surface area contributed by atoms with E-state index < -0.39 is 0 Å². The Morgan fingerprint density at radius 1 is 0.833 bits per heavy atom. The van der Waals surface area contributed by atoms with Gasteiger partial charge in [-0.3, -0.25) is 9.59 Å². The maximum atomic E-state index is 12.1. The molecule has 1 fully saturated rings. The summed E-state index contributed by atoms with van der Waals surface area (Å²) in [5, 5.41) is 0. The minimum atomic E-state index is -0.0477. The number of rotatable bonds is 17. The lowest BCUT2D eigenvalue weighted by Crippen LogP contribution is -2.25. The van der Waals surface area contributed by atoms with Crippen LogP contribution in [0.15, 0.2) is 0 Å². The first-order valence-electron chi connectivity index (χ1n) is 12.1. The van der Waals surface area contributed by atoms with Crippen LogP contribution in [0.25, 0.3) is 0 Å². The van der Waals surface area contributed by atoms with E-state index in [0.29, 0.717) is 25.0 Å². The molecule has 1 rings (SSSR count). The molecule has 4 nitrogen and oxygen atoms in total. The molecule has 1 aliphatic rings. The van der Waals surface area contributed by atoms with Crippen molar-refractivity contribution in [3.05, 3.63) is 0 Å². The molecule has 176 valence electrons. The average Bonchev–Trinajstić information content (AvgIpc) is 2.75. The molecule has 0 N–H and O–H groups in total. The van der Waals surface area contributed by atoms with Crippen LogP contribution in [0.5, 0.6) is 0 Å². The topological polar surface area (TPSA) is 52.6 Å². The van der Waals surface area contributed by atoms with E-state index in [1.54, 1.807) is 21.6 Å². The maximum absolute atomic E-state index is 12.1. The number of hydrogen-bond acceptors (Lipinski definition) is 6. The van der Waals surface area contributed by atoms with Gasteiger partial charge in [-0.15, -0.1) is 0 Å². The second-order valence-electron chi connectivity index (χ2n) is 8.62. The lowest BCUT2D eigenvalue weighted by atomic mass is 9.68. The molecule has 0 bridgehead atoms. The Morgan fingerprint density at radius 2 is 1.43 bits per heavy atom. The van der Waals surface area contributed by atoms with E-state index >= 15 is 0 Å². The lowest BCUT2D eigenvalue weighted by Gasteiger charge is -2.37. The summed E-state index contributed by atoms with van der Waals surface area (Å²) in [4.78, 5) is 24.2. The number of esters is 2. The van der Waals surface area contributed by atoms with Crippen molar-refractivity contribution < 1.29 is 19.1 Å². The van der Waals surface area contributed by atoms with Crippen molar-refractivity contribution >= 4 is 33.5 Å². The highest BCUT2D eigenvalue weighted by atomic mass is 33.1. The number of hydrogen-bond donors (Lipinski definition) is 0. The molecule has 30 heavy (non-hydrogen) atoms. The van der Waals surface area contributed by atoms with E-state index in [1.165, 1.54) is 44.9 Å². The van der Waals surface area contributed by atoms with E-state index in [0.717, 1.165) is 43.6 Å². The van der Waals surface area contributed by atoms with Crippen LogP contribution in [0.2, 0.25) is 0 Å². The number of carbonyl (C=O) groups is 2. The average molecular weight is 461 g/mol. The van der Waals surface area contributed by atoms with E-state index in [9.17, 15) is 9.59 Å². The largest absolute Gasteiger partial charge is 0.465 e. The molecule has 0 unspecified atom stereocenters. The fourth-order valence-electron chi connectivity index (χ4n) is 4.57. The molecule has 6 heteroatoms. The highest BCUT2D eigenvalue weighted by molar-refractivity contribution is 8.76. The molecule has 0 aliphatic heterocycles. The van der Waals surface area contributed by atoms with Gasteiger partial charge in [-0.2, -0.15) is 0 Å². The van der Waals surface area contributed by atoms with Crippen molar-refractivity contribution in [2.45, 2.75) is 104 Å². The molecule has 0 saturated heterocycles. The van der Waals surface area contributed by atoms with Gasteiger partial charge in [-0.25, -0.2) is 0 Å². The summed E-state index contributed by atoms with van der Waals surface area (Å²) >= 11 is 0. The zero-order valence-electron chi connectivity index (χ0n) is 19.5. The molecule has 0 aromatic heterocycles. The molecule has 0 heterocycles. The van der Waals surface area contributed by atoms with Gasteiger partial charge in [0.25, 0.3) is 0 Å². The second-order valence-corrected chi connectivity index (χ2v) is 11.3. The van der Waals surface area contributed by atoms with Gasteiger partial charge in [0.15, 0.2) is 0 Å². The normalized spacial score (nSPS) is 15.9. The van der Waals surface area contributed by atoms with E-state index in [4.69, 9.17) is 9.47 Å². The summed E-state index contributed by atoms with van der Waals surface area (Å²) < 4.78 is 10.8. The Bertz CT molecular complexity index is 453. The third kappa shape index (κ3) is 11.9. The third-order valence-corrected chi connectivity index (χ3v) is 8.42. The summed E-state index contributed by atoms with van der Waals surface area (Å²) in [5.74, 6) is 1.51. The van der Waals surface area contributed by atoms with Crippen molar-refractivity contribution in [2.24, 2.45) is 11.3 Å². The third-order valence-electron chi connectivity index (χ3n) is 6.09. The first-order valence-corrected chi connectivity index (χ1v) is 14.6. The van der Waals surface area contributed by atoms with Gasteiger partial charge in [0, 0.05) is 17.9 Å². The van der Waals surface area contributed by atoms with Crippen molar-refractivity contribution in [1.82, 2.24) is 0 Å². The van der Waals surface area contributed by atoms with Crippen LogP contribution in [0, 0.1) is 11.3 Å². The lowest BCUT2D eigenvalue weighted by molar-refractivity contribution is -0.148. The minimum Gasteiger partial charge on any atom is -0.465 e. The Kier molecular flexibility index (Phi) is 15.9. The van der Waals surface area contributed by atoms with Crippen LogP contribution >= 0.6 is 21.6 Å². The molecule has 0 aromatic carbocycles. The zero-order chi connectivity index (χ0) is 22.1.